The molecule has 0 aromatic heterocycles. The minimum absolute atomic E-state index is 0.164. The Bertz CT molecular complexity index is 443. The van der Waals surface area contributed by atoms with Gasteiger partial charge in [-0.15, -0.1) is 0 Å². The summed E-state index contributed by atoms with van der Waals surface area (Å²) in [6, 6.07) is -0.863. The molecule has 0 radical (unpaired) electrons. The monoisotopic (exact) mass is 344 g/mol. The van der Waals surface area contributed by atoms with Crippen LogP contribution in [0.1, 0.15) is 40.0 Å². The van der Waals surface area contributed by atoms with Gasteiger partial charge in [-0.1, -0.05) is 13.8 Å². The summed E-state index contributed by atoms with van der Waals surface area (Å²) in [7, 11) is 0. The fraction of sp³-hybridized carbons (Fsp3) is 0.733. The molecule has 1 saturated heterocycles. The molecule has 0 bridgehead atoms. The first-order chi connectivity index (χ1) is 11.1. The zero-order valence-electron chi connectivity index (χ0n) is 14.4. The van der Waals surface area contributed by atoms with Crippen LogP contribution in [0.3, 0.4) is 0 Å². The van der Waals surface area contributed by atoms with Gasteiger partial charge in [0.1, 0.15) is 6.04 Å². The van der Waals surface area contributed by atoms with Gasteiger partial charge in [0.05, 0.1) is 12.6 Å². The fourth-order valence-corrected chi connectivity index (χ4v) is 2.18. The molecule has 0 aromatic rings. The van der Waals surface area contributed by atoms with E-state index >= 15 is 0 Å². The smallest absolute Gasteiger partial charge is 0.300 e. The Labute approximate surface area is 141 Å². The molecule has 9 nitrogen and oxygen atoms in total. The number of carboxylic acid groups (broad SMARTS) is 1. The highest BCUT2D eigenvalue weighted by atomic mass is 16.4. The molecule has 1 aliphatic heterocycles. The SMILES string of the molecule is CC(=O)O.CC(C)CC(NC(=O)C1CCCN1)C(=O)NCC(N)=O. The van der Waals surface area contributed by atoms with Crippen LogP contribution in [0.5, 0.6) is 0 Å². The van der Waals surface area contributed by atoms with Crippen molar-refractivity contribution in [2.24, 2.45) is 11.7 Å². The van der Waals surface area contributed by atoms with E-state index in [2.05, 4.69) is 16.0 Å². The number of primary amides is 1. The Hall–Kier alpha value is -2.16. The van der Waals surface area contributed by atoms with Crippen molar-refractivity contribution >= 4 is 23.7 Å². The van der Waals surface area contributed by atoms with Crippen LogP contribution < -0.4 is 21.7 Å². The summed E-state index contributed by atoms with van der Waals surface area (Å²) >= 11 is 0. The minimum Gasteiger partial charge on any atom is -0.481 e. The van der Waals surface area contributed by atoms with Crippen molar-refractivity contribution in [3.63, 3.8) is 0 Å². The first-order valence-corrected chi connectivity index (χ1v) is 7.92. The molecule has 1 heterocycles. The molecule has 0 saturated carbocycles. The third-order valence-electron chi connectivity index (χ3n) is 3.15. The summed E-state index contributed by atoms with van der Waals surface area (Å²) in [5, 5.41) is 15.7. The summed E-state index contributed by atoms with van der Waals surface area (Å²) in [4.78, 5) is 43.7. The average Bonchev–Trinajstić information content (AvgIpc) is 2.97. The molecule has 1 aliphatic rings. The minimum atomic E-state index is -0.833. The Balaban J connectivity index is 0.00000118. The van der Waals surface area contributed by atoms with E-state index < -0.39 is 17.9 Å². The number of nitrogens with one attached hydrogen (secondary N) is 3. The van der Waals surface area contributed by atoms with Crippen molar-refractivity contribution in [3.05, 3.63) is 0 Å². The first-order valence-electron chi connectivity index (χ1n) is 7.92. The molecule has 9 heteroatoms. The van der Waals surface area contributed by atoms with E-state index in [1.54, 1.807) is 0 Å². The van der Waals surface area contributed by atoms with Gasteiger partial charge < -0.3 is 26.8 Å². The number of rotatable bonds is 7. The molecule has 0 spiro atoms. The van der Waals surface area contributed by atoms with Gasteiger partial charge in [-0.3, -0.25) is 19.2 Å². The van der Waals surface area contributed by atoms with Crippen LogP contribution in [0.4, 0.5) is 0 Å². The maximum atomic E-state index is 12.0. The summed E-state index contributed by atoms with van der Waals surface area (Å²) < 4.78 is 0. The molecule has 138 valence electrons. The van der Waals surface area contributed by atoms with E-state index in [9.17, 15) is 14.4 Å². The topological polar surface area (TPSA) is 151 Å². The number of nitrogens with two attached hydrogens (primary N) is 1. The summed E-state index contributed by atoms with van der Waals surface area (Å²) in [6.07, 6.45) is 2.26. The van der Waals surface area contributed by atoms with Gasteiger partial charge in [-0.05, 0) is 31.7 Å². The van der Waals surface area contributed by atoms with E-state index in [-0.39, 0.29) is 30.3 Å². The van der Waals surface area contributed by atoms with Crippen LogP contribution in [0, 0.1) is 5.92 Å². The molecule has 24 heavy (non-hydrogen) atoms. The lowest BCUT2D eigenvalue weighted by Crippen LogP contribution is -2.52. The molecule has 1 fully saturated rings. The van der Waals surface area contributed by atoms with Crippen LogP contribution in [0.15, 0.2) is 0 Å². The van der Waals surface area contributed by atoms with E-state index in [0.29, 0.717) is 6.42 Å². The van der Waals surface area contributed by atoms with Crippen LogP contribution in [-0.4, -0.2) is 54.0 Å². The van der Waals surface area contributed by atoms with Crippen molar-refractivity contribution in [1.29, 1.82) is 0 Å². The maximum Gasteiger partial charge on any atom is 0.300 e. The highest BCUT2D eigenvalue weighted by Crippen LogP contribution is 2.08. The molecule has 6 N–H and O–H groups in total. The second-order valence-electron chi connectivity index (χ2n) is 6.04. The van der Waals surface area contributed by atoms with E-state index in [0.717, 1.165) is 26.3 Å². The van der Waals surface area contributed by atoms with Gasteiger partial charge in [0.2, 0.25) is 17.7 Å². The van der Waals surface area contributed by atoms with Crippen LogP contribution in [0.25, 0.3) is 0 Å². The lowest BCUT2D eigenvalue weighted by atomic mass is 10.0. The number of carbonyl (C=O) groups excluding carboxylic acids is 3. The molecule has 3 amide bonds. The Morgan fingerprint density at radius 3 is 2.29 bits per heavy atom. The maximum absolute atomic E-state index is 12.0. The Morgan fingerprint density at radius 2 is 1.88 bits per heavy atom. The predicted octanol–water partition coefficient (Wildman–Crippen LogP) is -1.04. The van der Waals surface area contributed by atoms with Gasteiger partial charge in [0.25, 0.3) is 5.97 Å². The molecule has 2 atom stereocenters. The van der Waals surface area contributed by atoms with Crippen LogP contribution in [0.2, 0.25) is 0 Å². The van der Waals surface area contributed by atoms with Crippen LogP contribution in [-0.2, 0) is 19.2 Å². The van der Waals surface area contributed by atoms with Crippen LogP contribution >= 0.6 is 0 Å². The van der Waals surface area contributed by atoms with Crippen molar-refractivity contribution in [2.75, 3.05) is 13.1 Å². The molecule has 1 rings (SSSR count). The lowest BCUT2D eigenvalue weighted by molar-refractivity contribution is -0.134. The summed E-state index contributed by atoms with van der Waals surface area (Å²) in [5.74, 6) is -1.73. The highest BCUT2D eigenvalue weighted by molar-refractivity contribution is 5.91. The van der Waals surface area contributed by atoms with Gasteiger partial charge in [0, 0.05) is 6.92 Å². The number of carbonyl (C=O) groups is 4. The third-order valence-corrected chi connectivity index (χ3v) is 3.15. The molecule has 0 aromatic carbocycles. The van der Waals surface area contributed by atoms with Crippen molar-refractivity contribution in [1.82, 2.24) is 16.0 Å². The van der Waals surface area contributed by atoms with Crippen molar-refractivity contribution in [3.8, 4) is 0 Å². The number of amides is 3. The highest BCUT2D eigenvalue weighted by Gasteiger charge is 2.27. The summed E-state index contributed by atoms with van der Waals surface area (Å²) in [6.45, 7) is 5.62. The quantitative estimate of drug-likeness (QED) is 0.398. The zero-order valence-corrected chi connectivity index (χ0v) is 14.4. The van der Waals surface area contributed by atoms with Gasteiger partial charge in [-0.2, -0.15) is 0 Å². The zero-order chi connectivity index (χ0) is 18.7. The second-order valence-corrected chi connectivity index (χ2v) is 6.04. The van der Waals surface area contributed by atoms with Crippen molar-refractivity contribution < 1.29 is 24.3 Å². The number of aliphatic carboxylic acids is 1. The Morgan fingerprint density at radius 1 is 1.29 bits per heavy atom. The van der Waals surface area contributed by atoms with Gasteiger partial charge >= 0.3 is 0 Å². The van der Waals surface area contributed by atoms with Crippen molar-refractivity contribution in [2.45, 2.75) is 52.1 Å². The van der Waals surface area contributed by atoms with E-state index in [4.69, 9.17) is 15.6 Å². The second kappa shape index (κ2) is 11.4. The largest absolute Gasteiger partial charge is 0.481 e. The van der Waals surface area contributed by atoms with Gasteiger partial charge in [-0.25, -0.2) is 0 Å². The van der Waals surface area contributed by atoms with E-state index in [1.807, 2.05) is 13.8 Å². The molecular formula is C15H28N4O5. The predicted molar refractivity (Wildman–Crippen MR) is 87.9 cm³/mol. The summed E-state index contributed by atoms with van der Waals surface area (Å²) in [5.41, 5.74) is 4.99. The van der Waals surface area contributed by atoms with E-state index in [1.165, 1.54) is 0 Å². The third kappa shape index (κ3) is 10.5. The number of hydrogen-bond acceptors (Lipinski definition) is 5. The standard InChI is InChI=1S/C13H24N4O3.C2H4O2/c1-8(2)6-10(12(19)16-7-11(14)18)17-13(20)9-4-3-5-15-9;1-2(3)4/h8-10,15H,3-7H2,1-2H3,(H2,14,18)(H,16,19)(H,17,20);1H3,(H,3,4). The number of carboxylic acids is 1. The molecule has 2 unspecified atom stereocenters. The Kier molecular flexibility index (Phi) is 10.4. The lowest BCUT2D eigenvalue weighted by Gasteiger charge is -2.21. The molecule has 0 aliphatic carbocycles. The fourth-order valence-electron chi connectivity index (χ4n) is 2.18. The number of hydrogen-bond donors (Lipinski definition) is 5. The van der Waals surface area contributed by atoms with Gasteiger partial charge in [0.15, 0.2) is 0 Å². The molecular weight excluding hydrogens is 316 g/mol. The average molecular weight is 344 g/mol. The normalized spacial score (nSPS) is 17.4. The first kappa shape index (κ1) is 21.8.